The zero-order valence-electron chi connectivity index (χ0n) is 13.4. The van der Waals surface area contributed by atoms with Gasteiger partial charge in [0.1, 0.15) is 0 Å². The van der Waals surface area contributed by atoms with Crippen LogP contribution in [0, 0.1) is 5.92 Å². The number of rotatable bonds is 4. The lowest BCUT2D eigenvalue weighted by molar-refractivity contribution is 0.0851. The van der Waals surface area contributed by atoms with E-state index in [0.717, 1.165) is 56.3 Å². The summed E-state index contributed by atoms with van der Waals surface area (Å²) in [7, 11) is -4.15. The van der Waals surface area contributed by atoms with Crippen molar-refractivity contribution in [1.29, 1.82) is 0 Å². The van der Waals surface area contributed by atoms with Gasteiger partial charge in [0.25, 0.3) is 0 Å². The molecule has 0 saturated carbocycles. The summed E-state index contributed by atoms with van der Waals surface area (Å²) in [4.78, 5) is 2.55. The summed E-state index contributed by atoms with van der Waals surface area (Å²) < 4.78 is 27.5. The van der Waals surface area contributed by atoms with Gasteiger partial charge in [-0.05, 0) is 62.7 Å². The first-order chi connectivity index (χ1) is 10.9. The molecule has 2 atom stereocenters. The van der Waals surface area contributed by atoms with Gasteiger partial charge in [0.05, 0.1) is 0 Å². The molecule has 0 bridgehead atoms. The fourth-order valence-corrected chi connectivity index (χ4v) is 4.50. The summed E-state index contributed by atoms with van der Waals surface area (Å²) >= 11 is 0. The summed E-state index contributed by atoms with van der Waals surface area (Å²) in [5.74, 6) is 0.306. The summed E-state index contributed by atoms with van der Waals surface area (Å²) in [6, 6.07) is 3.85. The maximum absolute atomic E-state index is 11.3. The molecule has 1 aliphatic carbocycles. The van der Waals surface area contributed by atoms with E-state index in [4.69, 9.17) is 9.32 Å². The van der Waals surface area contributed by atoms with Crippen molar-refractivity contribution in [2.24, 2.45) is 11.1 Å². The van der Waals surface area contributed by atoms with E-state index in [1.165, 1.54) is 6.07 Å². The number of aromatic hydroxyl groups is 1. The zero-order valence-corrected chi connectivity index (χ0v) is 14.2. The summed E-state index contributed by atoms with van der Waals surface area (Å²) in [5, 5.41) is 15.0. The fourth-order valence-electron chi connectivity index (χ4n) is 4.08. The predicted molar refractivity (Wildman–Crippen MR) is 87.6 cm³/mol. The molecular formula is C16H24N2O4S. The van der Waals surface area contributed by atoms with Crippen LogP contribution in [0.25, 0.3) is 0 Å². The highest BCUT2D eigenvalue weighted by Crippen LogP contribution is 2.42. The van der Waals surface area contributed by atoms with Gasteiger partial charge in [0.2, 0.25) is 0 Å². The van der Waals surface area contributed by atoms with E-state index in [2.05, 4.69) is 11.8 Å². The van der Waals surface area contributed by atoms with E-state index < -0.39 is 10.3 Å². The second-order valence-electron chi connectivity index (χ2n) is 6.54. The Kier molecular flexibility index (Phi) is 4.53. The highest BCUT2D eigenvalue weighted by Gasteiger charge is 2.37. The molecular weight excluding hydrogens is 316 g/mol. The van der Waals surface area contributed by atoms with Crippen LogP contribution >= 0.6 is 0 Å². The zero-order chi connectivity index (χ0) is 16.6. The lowest BCUT2D eigenvalue weighted by Gasteiger charge is -2.44. The third-order valence-corrected chi connectivity index (χ3v) is 5.37. The lowest BCUT2D eigenvalue weighted by Crippen LogP contribution is -2.49. The van der Waals surface area contributed by atoms with E-state index in [1.54, 1.807) is 0 Å². The van der Waals surface area contributed by atoms with Crippen LogP contribution in [0.5, 0.6) is 11.5 Å². The van der Waals surface area contributed by atoms with Crippen LogP contribution in [0.3, 0.4) is 0 Å². The Morgan fingerprint density at radius 1 is 1.39 bits per heavy atom. The molecule has 1 fully saturated rings. The first-order valence-electron chi connectivity index (χ1n) is 8.19. The van der Waals surface area contributed by atoms with Crippen molar-refractivity contribution in [3.8, 4) is 11.5 Å². The number of phenols is 1. The molecule has 1 heterocycles. The number of hydrogen-bond donors (Lipinski definition) is 2. The molecule has 2 aliphatic rings. The topological polar surface area (TPSA) is 92.9 Å². The van der Waals surface area contributed by atoms with Gasteiger partial charge in [-0.25, -0.2) is 0 Å². The number of piperidine rings is 1. The minimum absolute atomic E-state index is 0.0102. The molecule has 0 aromatic heterocycles. The third kappa shape index (κ3) is 3.46. The highest BCUT2D eigenvalue weighted by molar-refractivity contribution is 7.84. The number of phenolic OH excluding ortho intramolecular Hbond substituents is 1. The minimum atomic E-state index is -4.15. The van der Waals surface area contributed by atoms with E-state index in [-0.39, 0.29) is 11.5 Å². The second-order valence-corrected chi connectivity index (χ2v) is 7.69. The maximum Gasteiger partial charge on any atom is 0.380 e. The molecule has 7 heteroatoms. The Balaban J connectivity index is 1.95. The van der Waals surface area contributed by atoms with Gasteiger partial charge in [-0.3, -0.25) is 4.90 Å². The predicted octanol–water partition coefficient (Wildman–Crippen LogP) is 1.56. The van der Waals surface area contributed by atoms with Crippen molar-refractivity contribution in [3.63, 3.8) is 0 Å². The number of nitrogens with two attached hydrogens (primary N) is 1. The third-order valence-electron chi connectivity index (χ3n) is 4.98. The molecule has 6 nitrogen and oxygen atoms in total. The summed E-state index contributed by atoms with van der Waals surface area (Å²) in [5.41, 5.74) is 1.84. The normalized spacial score (nSPS) is 24.8. The Morgan fingerprint density at radius 2 is 2.17 bits per heavy atom. The average molecular weight is 340 g/mol. The van der Waals surface area contributed by atoms with Gasteiger partial charge in [0, 0.05) is 11.6 Å². The van der Waals surface area contributed by atoms with Crippen molar-refractivity contribution in [3.05, 3.63) is 23.3 Å². The molecule has 3 N–H and O–H groups in total. The van der Waals surface area contributed by atoms with Crippen LogP contribution in [-0.2, 0) is 23.1 Å². The molecule has 3 rings (SSSR count). The van der Waals surface area contributed by atoms with E-state index in [9.17, 15) is 13.5 Å². The monoisotopic (exact) mass is 340 g/mol. The quantitative estimate of drug-likeness (QED) is 0.868. The molecule has 1 aliphatic heterocycles. The molecule has 0 amide bonds. The van der Waals surface area contributed by atoms with Crippen LogP contribution < -0.4 is 9.32 Å². The van der Waals surface area contributed by atoms with Gasteiger partial charge in [-0.1, -0.05) is 13.0 Å². The Hall–Kier alpha value is -1.31. The Labute approximate surface area is 137 Å². The summed E-state index contributed by atoms with van der Waals surface area (Å²) in [6.45, 7) is 4.41. The van der Waals surface area contributed by atoms with Crippen molar-refractivity contribution in [1.82, 2.24) is 4.90 Å². The van der Waals surface area contributed by atoms with Crippen LogP contribution in [0.2, 0.25) is 0 Å². The van der Waals surface area contributed by atoms with Gasteiger partial charge in [-0.2, -0.15) is 13.6 Å². The van der Waals surface area contributed by atoms with Crippen LogP contribution in [0.4, 0.5) is 0 Å². The molecule has 1 saturated heterocycles. The SMILES string of the molecule is CCCN1CCC[C@@H]2Cc3c(ccc(O)c3OS(N)(=O)=O)C[C@H]21. The van der Waals surface area contributed by atoms with Crippen LogP contribution in [0.1, 0.15) is 37.3 Å². The Morgan fingerprint density at radius 3 is 2.87 bits per heavy atom. The first-order valence-corrected chi connectivity index (χ1v) is 9.66. The van der Waals surface area contributed by atoms with Gasteiger partial charge >= 0.3 is 10.3 Å². The number of hydrogen-bond acceptors (Lipinski definition) is 5. The highest BCUT2D eigenvalue weighted by atomic mass is 32.2. The van der Waals surface area contributed by atoms with Gasteiger partial charge in [0.15, 0.2) is 11.5 Å². The van der Waals surface area contributed by atoms with E-state index in [0.29, 0.717) is 12.0 Å². The standard InChI is InChI=1S/C16H24N2O4S/c1-2-7-18-8-3-4-12-9-13-11(10-14(12)18)5-6-15(19)16(13)22-23(17,20)21/h5-6,12,14,19H,2-4,7-10H2,1H3,(H2,17,20,21)/t12-,14-/m1/s1. The fraction of sp³-hybridized carbons (Fsp3) is 0.625. The number of fused-ring (bicyclic) bond motifs is 2. The number of benzene rings is 1. The average Bonchev–Trinajstić information content (AvgIpc) is 2.48. The van der Waals surface area contributed by atoms with Crippen molar-refractivity contribution in [2.75, 3.05) is 13.1 Å². The molecule has 0 radical (unpaired) electrons. The summed E-state index contributed by atoms with van der Waals surface area (Å²) in [6.07, 6.45) is 4.99. The van der Waals surface area contributed by atoms with Crippen molar-refractivity contribution in [2.45, 2.75) is 45.1 Å². The Bertz CT molecular complexity index is 688. The largest absolute Gasteiger partial charge is 0.504 e. The first kappa shape index (κ1) is 16.5. The lowest BCUT2D eigenvalue weighted by atomic mass is 9.75. The maximum atomic E-state index is 11.3. The molecule has 0 spiro atoms. The molecule has 128 valence electrons. The van der Waals surface area contributed by atoms with Crippen LogP contribution in [0.15, 0.2) is 12.1 Å². The number of nitrogens with zero attached hydrogens (tertiary/aromatic N) is 1. The molecule has 23 heavy (non-hydrogen) atoms. The minimum Gasteiger partial charge on any atom is -0.504 e. The van der Waals surface area contributed by atoms with Crippen molar-refractivity contribution >= 4 is 10.3 Å². The molecule has 1 aromatic carbocycles. The van der Waals surface area contributed by atoms with Crippen molar-refractivity contribution < 1.29 is 17.7 Å². The smallest absolute Gasteiger partial charge is 0.380 e. The van der Waals surface area contributed by atoms with E-state index >= 15 is 0 Å². The molecule has 1 aromatic rings. The van der Waals surface area contributed by atoms with Gasteiger partial charge in [-0.15, -0.1) is 0 Å². The molecule has 0 unspecified atom stereocenters. The van der Waals surface area contributed by atoms with Crippen LogP contribution in [-0.4, -0.2) is 37.6 Å². The van der Waals surface area contributed by atoms with Gasteiger partial charge < -0.3 is 9.29 Å². The van der Waals surface area contributed by atoms with E-state index in [1.807, 2.05) is 6.07 Å². The second kappa shape index (κ2) is 6.30. The number of likely N-dealkylation sites (tertiary alicyclic amines) is 1.